The summed E-state index contributed by atoms with van der Waals surface area (Å²) in [5.74, 6) is -0.668. The van der Waals surface area contributed by atoms with Gasteiger partial charge in [-0.3, -0.25) is 9.69 Å². The number of hydrogen-bond donors (Lipinski definition) is 1. The van der Waals surface area contributed by atoms with Crippen molar-refractivity contribution in [2.24, 2.45) is 5.41 Å². The number of carbonyl (C=O) groups is 1. The van der Waals surface area contributed by atoms with Crippen molar-refractivity contribution in [3.63, 3.8) is 0 Å². The second kappa shape index (κ2) is 5.83. The number of aliphatic carboxylic acids is 1. The first kappa shape index (κ1) is 14.5. The van der Waals surface area contributed by atoms with Gasteiger partial charge in [0.1, 0.15) is 6.04 Å². The molecule has 0 radical (unpaired) electrons. The molecule has 1 N–H and O–H groups in total. The summed E-state index contributed by atoms with van der Waals surface area (Å²) < 4.78 is 0. The molecule has 1 aliphatic rings. The van der Waals surface area contributed by atoms with Crippen LogP contribution in [0.25, 0.3) is 0 Å². The predicted molar refractivity (Wildman–Crippen MR) is 69.2 cm³/mol. The van der Waals surface area contributed by atoms with Crippen LogP contribution in [0.5, 0.6) is 0 Å². The van der Waals surface area contributed by atoms with Gasteiger partial charge < -0.3 is 10.0 Å². The summed E-state index contributed by atoms with van der Waals surface area (Å²) in [4.78, 5) is 15.7. The van der Waals surface area contributed by atoms with E-state index in [2.05, 4.69) is 37.6 Å². The molecule has 0 aromatic carbocycles. The van der Waals surface area contributed by atoms with Crippen molar-refractivity contribution in [1.82, 2.24) is 9.80 Å². The van der Waals surface area contributed by atoms with Crippen LogP contribution in [-0.2, 0) is 4.79 Å². The van der Waals surface area contributed by atoms with Crippen molar-refractivity contribution < 1.29 is 9.90 Å². The highest BCUT2D eigenvalue weighted by Crippen LogP contribution is 2.23. The van der Waals surface area contributed by atoms with Crippen LogP contribution in [0.1, 0.15) is 33.6 Å². The molecular formula is C13H26N2O2. The van der Waals surface area contributed by atoms with Crippen molar-refractivity contribution in [3.8, 4) is 0 Å². The molecule has 0 aromatic rings. The Morgan fingerprint density at radius 3 is 2.18 bits per heavy atom. The van der Waals surface area contributed by atoms with E-state index in [1.54, 1.807) is 0 Å². The zero-order valence-electron chi connectivity index (χ0n) is 11.6. The third-order valence-electron chi connectivity index (χ3n) is 3.43. The summed E-state index contributed by atoms with van der Waals surface area (Å²) in [6.45, 7) is 10.2. The Hall–Kier alpha value is -0.610. The van der Waals surface area contributed by atoms with Gasteiger partial charge in [-0.2, -0.15) is 0 Å². The SMILES string of the molecule is CN1CCN(C(CCC(C)(C)C)C(=O)O)CC1. The van der Waals surface area contributed by atoms with Gasteiger partial charge in [0.15, 0.2) is 0 Å². The Balaban J connectivity index is 2.51. The lowest BCUT2D eigenvalue weighted by atomic mass is 9.88. The minimum atomic E-state index is -0.668. The molecule has 0 aliphatic carbocycles. The third-order valence-corrected chi connectivity index (χ3v) is 3.43. The summed E-state index contributed by atoms with van der Waals surface area (Å²) >= 11 is 0. The van der Waals surface area contributed by atoms with E-state index in [1.807, 2.05) is 0 Å². The minimum Gasteiger partial charge on any atom is -0.480 e. The molecular weight excluding hydrogens is 216 g/mol. The van der Waals surface area contributed by atoms with Crippen LogP contribution in [-0.4, -0.2) is 60.1 Å². The van der Waals surface area contributed by atoms with Crippen molar-refractivity contribution in [2.45, 2.75) is 39.7 Å². The standard InChI is InChI=1S/C13H26N2O2/c1-13(2,3)6-5-11(12(16)17)15-9-7-14(4)8-10-15/h11H,5-10H2,1-4H3,(H,16,17). The van der Waals surface area contributed by atoms with Crippen molar-refractivity contribution in [2.75, 3.05) is 33.2 Å². The largest absolute Gasteiger partial charge is 0.480 e. The molecule has 1 unspecified atom stereocenters. The summed E-state index contributed by atoms with van der Waals surface area (Å²) in [6.07, 6.45) is 1.71. The first-order valence-electron chi connectivity index (χ1n) is 6.45. The van der Waals surface area contributed by atoms with Crippen molar-refractivity contribution in [1.29, 1.82) is 0 Å². The maximum atomic E-state index is 11.3. The molecule has 1 atom stereocenters. The van der Waals surface area contributed by atoms with Crippen molar-refractivity contribution >= 4 is 5.97 Å². The maximum absolute atomic E-state index is 11.3. The molecule has 1 saturated heterocycles. The van der Waals surface area contributed by atoms with Gasteiger partial charge in [0.25, 0.3) is 0 Å². The van der Waals surface area contributed by atoms with Gasteiger partial charge in [-0.15, -0.1) is 0 Å². The molecule has 1 aliphatic heterocycles. The number of likely N-dealkylation sites (N-methyl/N-ethyl adjacent to an activating group) is 1. The van der Waals surface area contributed by atoms with Gasteiger partial charge >= 0.3 is 5.97 Å². The zero-order chi connectivity index (χ0) is 13.1. The fraction of sp³-hybridized carbons (Fsp3) is 0.923. The molecule has 1 fully saturated rings. The smallest absolute Gasteiger partial charge is 0.320 e. The number of carboxylic acid groups (broad SMARTS) is 1. The van der Waals surface area contributed by atoms with E-state index in [0.29, 0.717) is 0 Å². The Morgan fingerprint density at radius 2 is 1.76 bits per heavy atom. The molecule has 1 heterocycles. The highest BCUT2D eigenvalue weighted by atomic mass is 16.4. The lowest BCUT2D eigenvalue weighted by Crippen LogP contribution is -2.51. The average molecular weight is 242 g/mol. The van der Waals surface area contributed by atoms with E-state index in [4.69, 9.17) is 0 Å². The van der Waals surface area contributed by atoms with E-state index >= 15 is 0 Å². The van der Waals surface area contributed by atoms with Crippen LogP contribution < -0.4 is 0 Å². The summed E-state index contributed by atoms with van der Waals surface area (Å²) in [5, 5.41) is 9.33. The molecule has 0 amide bonds. The average Bonchev–Trinajstić information content (AvgIpc) is 2.18. The van der Waals surface area contributed by atoms with E-state index in [9.17, 15) is 9.90 Å². The van der Waals surface area contributed by atoms with Crippen LogP contribution in [0.3, 0.4) is 0 Å². The Bertz CT molecular complexity index is 253. The van der Waals surface area contributed by atoms with Crippen LogP contribution in [0.2, 0.25) is 0 Å². The molecule has 0 bridgehead atoms. The summed E-state index contributed by atoms with van der Waals surface area (Å²) in [7, 11) is 2.09. The van der Waals surface area contributed by atoms with Crippen LogP contribution in [0, 0.1) is 5.41 Å². The molecule has 100 valence electrons. The van der Waals surface area contributed by atoms with Gasteiger partial charge in [0, 0.05) is 26.2 Å². The Labute approximate surface area is 105 Å². The Morgan fingerprint density at radius 1 is 1.24 bits per heavy atom. The second-order valence-corrected chi connectivity index (χ2v) is 6.29. The van der Waals surface area contributed by atoms with E-state index < -0.39 is 5.97 Å². The quantitative estimate of drug-likeness (QED) is 0.811. The van der Waals surface area contributed by atoms with E-state index in [-0.39, 0.29) is 11.5 Å². The molecule has 0 spiro atoms. The van der Waals surface area contributed by atoms with Crippen LogP contribution in [0.4, 0.5) is 0 Å². The Kier molecular flexibility index (Phi) is 4.95. The van der Waals surface area contributed by atoms with Gasteiger partial charge in [-0.25, -0.2) is 0 Å². The molecule has 0 saturated carbocycles. The number of rotatable bonds is 4. The highest BCUT2D eigenvalue weighted by Gasteiger charge is 2.28. The van der Waals surface area contributed by atoms with Crippen LogP contribution in [0.15, 0.2) is 0 Å². The number of hydrogen-bond acceptors (Lipinski definition) is 3. The number of piperazine rings is 1. The summed E-state index contributed by atoms with van der Waals surface area (Å²) in [6, 6.07) is -0.303. The highest BCUT2D eigenvalue weighted by molar-refractivity contribution is 5.73. The number of nitrogens with zero attached hydrogens (tertiary/aromatic N) is 2. The van der Waals surface area contributed by atoms with Crippen LogP contribution >= 0.6 is 0 Å². The molecule has 4 heteroatoms. The lowest BCUT2D eigenvalue weighted by molar-refractivity contribution is -0.144. The first-order valence-corrected chi connectivity index (χ1v) is 6.45. The predicted octanol–water partition coefficient (Wildman–Crippen LogP) is 1.51. The summed E-state index contributed by atoms with van der Waals surface area (Å²) in [5.41, 5.74) is 0.209. The van der Waals surface area contributed by atoms with Gasteiger partial charge in [-0.1, -0.05) is 20.8 Å². The third kappa shape index (κ3) is 5.04. The normalized spacial score (nSPS) is 21.4. The molecule has 4 nitrogen and oxygen atoms in total. The first-order chi connectivity index (χ1) is 7.79. The monoisotopic (exact) mass is 242 g/mol. The van der Waals surface area contributed by atoms with E-state index in [0.717, 1.165) is 39.0 Å². The van der Waals surface area contributed by atoms with Gasteiger partial charge in [0.05, 0.1) is 0 Å². The fourth-order valence-corrected chi connectivity index (χ4v) is 2.17. The minimum absolute atomic E-state index is 0.209. The maximum Gasteiger partial charge on any atom is 0.320 e. The topological polar surface area (TPSA) is 43.8 Å². The molecule has 1 rings (SSSR count). The van der Waals surface area contributed by atoms with Gasteiger partial charge in [-0.05, 0) is 25.3 Å². The van der Waals surface area contributed by atoms with E-state index in [1.165, 1.54) is 0 Å². The van der Waals surface area contributed by atoms with Crippen molar-refractivity contribution in [3.05, 3.63) is 0 Å². The molecule has 0 aromatic heterocycles. The number of carboxylic acids is 1. The second-order valence-electron chi connectivity index (χ2n) is 6.29. The zero-order valence-corrected chi connectivity index (χ0v) is 11.6. The molecule has 17 heavy (non-hydrogen) atoms. The lowest BCUT2D eigenvalue weighted by Gasteiger charge is -2.36. The van der Waals surface area contributed by atoms with Gasteiger partial charge in [0.2, 0.25) is 0 Å². The fourth-order valence-electron chi connectivity index (χ4n) is 2.17.